The zero-order chi connectivity index (χ0) is 17.4. The van der Waals surface area contributed by atoms with Gasteiger partial charge in [0.05, 0.1) is 11.3 Å². The molecule has 4 rings (SSSR count). The third-order valence-corrected chi connectivity index (χ3v) is 4.50. The molecule has 1 atom stereocenters. The highest BCUT2D eigenvalue weighted by Crippen LogP contribution is 2.24. The number of carbonyl (C=O) groups is 2. The average molecular weight is 331 g/mol. The molecule has 5 nitrogen and oxygen atoms in total. The van der Waals surface area contributed by atoms with Crippen LogP contribution in [0.4, 0.5) is 5.95 Å². The van der Waals surface area contributed by atoms with Gasteiger partial charge in [-0.3, -0.25) is 14.9 Å². The van der Waals surface area contributed by atoms with E-state index in [1.54, 1.807) is 6.07 Å². The standard InChI is InChI=1S/C20H17N3O2/c1-12-9-17-16(18(24)10-12)11-21-20(22-17)23-19(25)15-8-4-6-13-5-2-3-7-14(13)15/h2-8,11-12H,9-10H2,1H3,(H,21,22,23,25)/t12-/m0/s1. The summed E-state index contributed by atoms with van der Waals surface area (Å²) < 4.78 is 0. The van der Waals surface area contributed by atoms with Crippen LogP contribution >= 0.6 is 0 Å². The zero-order valence-electron chi connectivity index (χ0n) is 13.8. The van der Waals surface area contributed by atoms with Crippen molar-refractivity contribution < 1.29 is 9.59 Å². The fourth-order valence-corrected chi connectivity index (χ4v) is 3.29. The molecule has 3 aromatic rings. The summed E-state index contributed by atoms with van der Waals surface area (Å²) >= 11 is 0. The van der Waals surface area contributed by atoms with Gasteiger partial charge in [-0.25, -0.2) is 9.97 Å². The largest absolute Gasteiger partial charge is 0.294 e. The number of benzene rings is 2. The number of rotatable bonds is 2. The van der Waals surface area contributed by atoms with Crippen LogP contribution in [0, 0.1) is 5.92 Å². The summed E-state index contributed by atoms with van der Waals surface area (Å²) in [5.74, 6) is 0.308. The summed E-state index contributed by atoms with van der Waals surface area (Å²) in [4.78, 5) is 33.2. The lowest BCUT2D eigenvalue weighted by molar-refractivity contribution is 0.0951. The van der Waals surface area contributed by atoms with Crippen molar-refractivity contribution in [2.45, 2.75) is 19.8 Å². The predicted molar refractivity (Wildman–Crippen MR) is 95.7 cm³/mol. The third-order valence-electron chi connectivity index (χ3n) is 4.50. The second-order valence-corrected chi connectivity index (χ2v) is 6.47. The van der Waals surface area contributed by atoms with Crippen LogP contribution in [-0.4, -0.2) is 21.7 Å². The van der Waals surface area contributed by atoms with E-state index >= 15 is 0 Å². The Morgan fingerprint density at radius 3 is 2.80 bits per heavy atom. The lowest BCUT2D eigenvalue weighted by Crippen LogP contribution is -2.22. The number of Topliss-reactive ketones (excluding diaryl/α,β-unsaturated/α-hetero) is 1. The molecule has 5 heteroatoms. The molecule has 0 saturated carbocycles. The van der Waals surface area contributed by atoms with E-state index in [0.717, 1.165) is 17.2 Å². The Morgan fingerprint density at radius 2 is 1.92 bits per heavy atom. The number of ketones is 1. The molecule has 0 saturated heterocycles. The number of nitrogens with one attached hydrogen (secondary N) is 1. The molecule has 0 fully saturated rings. The summed E-state index contributed by atoms with van der Waals surface area (Å²) in [6, 6.07) is 13.3. The van der Waals surface area contributed by atoms with Crippen LogP contribution in [0.5, 0.6) is 0 Å². The third kappa shape index (κ3) is 2.89. The molecule has 0 spiro atoms. The van der Waals surface area contributed by atoms with Crippen LogP contribution in [0.25, 0.3) is 10.8 Å². The van der Waals surface area contributed by atoms with Crippen molar-refractivity contribution >= 4 is 28.4 Å². The summed E-state index contributed by atoms with van der Waals surface area (Å²) in [6.45, 7) is 2.03. The van der Waals surface area contributed by atoms with Gasteiger partial charge >= 0.3 is 0 Å². The van der Waals surface area contributed by atoms with Crippen LogP contribution in [0.1, 0.15) is 39.8 Å². The Bertz CT molecular complexity index is 992. The molecule has 1 aliphatic carbocycles. The summed E-state index contributed by atoms with van der Waals surface area (Å²) in [6.07, 6.45) is 2.77. The number of hydrogen-bond acceptors (Lipinski definition) is 4. The van der Waals surface area contributed by atoms with Crippen molar-refractivity contribution in [2.24, 2.45) is 5.92 Å². The molecule has 0 bridgehead atoms. The van der Waals surface area contributed by atoms with E-state index in [1.165, 1.54) is 6.20 Å². The van der Waals surface area contributed by atoms with Gasteiger partial charge in [-0.2, -0.15) is 0 Å². The number of aromatic nitrogens is 2. The molecule has 1 N–H and O–H groups in total. The van der Waals surface area contributed by atoms with Gasteiger partial charge < -0.3 is 0 Å². The van der Waals surface area contributed by atoms with E-state index in [0.29, 0.717) is 23.2 Å². The van der Waals surface area contributed by atoms with Gasteiger partial charge in [-0.15, -0.1) is 0 Å². The first-order valence-corrected chi connectivity index (χ1v) is 8.30. The molecular formula is C20H17N3O2. The first kappa shape index (κ1) is 15.4. The van der Waals surface area contributed by atoms with E-state index in [4.69, 9.17) is 0 Å². The number of amides is 1. The van der Waals surface area contributed by atoms with Crippen LogP contribution in [0.15, 0.2) is 48.7 Å². The molecule has 1 heterocycles. The van der Waals surface area contributed by atoms with Crippen LogP contribution in [0.2, 0.25) is 0 Å². The van der Waals surface area contributed by atoms with E-state index in [2.05, 4.69) is 15.3 Å². The SMILES string of the molecule is C[C@@H]1CC(=O)c2cnc(NC(=O)c3cccc4ccccc34)nc2C1. The molecule has 124 valence electrons. The maximum absolute atomic E-state index is 12.7. The van der Waals surface area contributed by atoms with Crippen molar-refractivity contribution in [3.05, 3.63) is 65.5 Å². The second kappa shape index (κ2) is 6.09. The fourth-order valence-electron chi connectivity index (χ4n) is 3.29. The lowest BCUT2D eigenvalue weighted by atomic mass is 9.88. The molecule has 0 unspecified atom stereocenters. The van der Waals surface area contributed by atoms with Crippen molar-refractivity contribution in [3.8, 4) is 0 Å². The van der Waals surface area contributed by atoms with Gasteiger partial charge in [0.1, 0.15) is 0 Å². The highest BCUT2D eigenvalue weighted by molar-refractivity contribution is 6.12. The predicted octanol–water partition coefficient (Wildman–Crippen LogP) is 3.65. The van der Waals surface area contributed by atoms with Gasteiger partial charge in [0.15, 0.2) is 5.78 Å². The van der Waals surface area contributed by atoms with Gasteiger partial charge in [-0.1, -0.05) is 43.3 Å². The van der Waals surface area contributed by atoms with Crippen molar-refractivity contribution in [1.82, 2.24) is 9.97 Å². The van der Waals surface area contributed by atoms with E-state index < -0.39 is 0 Å². The molecule has 0 aliphatic heterocycles. The van der Waals surface area contributed by atoms with Gasteiger partial charge in [0, 0.05) is 18.2 Å². The normalized spacial score (nSPS) is 16.5. The Hall–Kier alpha value is -3.08. The van der Waals surface area contributed by atoms with Crippen LogP contribution < -0.4 is 5.32 Å². The number of anilines is 1. The quantitative estimate of drug-likeness (QED) is 0.778. The maximum Gasteiger partial charge on any atom is 0.258 e. The molecule has 2 aromatic carbocycles. The number of nitrogens with zero attached hydrogens (tertiary/aromatic N) is 2. The lowest BCUT2D eigenvalue weighted by Gasteiger charge is -2.19. The van der Waals surface area contributed by atoms with Crippen LogP contribution in [-0.2, 0) is 6.42 Å². The molecule has 1 aliphatic rings. The van der Waals surface area contributed by atoms with Crippen molar-refractivity contribution in [3.63, 3.8) is 0 Å². The molecule has 25 heavy (non-hydrogen) atoms. The zero-order valence-corrected chi connectivity index (χ0v) is 13.8. The fraction of sp³-hybridized carbons (Fsp3) is 0.200. The van der Waals surface area contributed by atoms with E-state index in [9.17, 15) is 9.59 Å². The first-order valence-electron chi connectivity index (χ1n) is 8.30. The highest BCUT2D eigenvalue weighted by atomic mass is 16.1. The highest BCUT2D eigenvalue weighted by Gasteiger charge is 2.24. The van der Waals surface area contributed by atoms with Gasteiger partial charge in [-0.05, 0) is 29.2 Å². The number of hydrogen-bond donors (Lipinski definition) is 1. The Balaban J connectivity index is 1.65. The minimum atomic E-state index is -0.257. The topological polar surface area (TPSA) is 72.0 Å². The Kier molecular flexibility index (Phi) is 3.76. The van der Waals surface area contributed by atoms with Gasteiger partial charge in [0.2, 0.25) is 5.95 Å². The molecule has 1 amide bonds. The Labute approximate surface area is 145 Å². The number of carbonyl (C=O) groups excluding carboxylic acids is 2. The summed E-state index contributed by atoms with van der Waals surface area (Å²) in [7, 11) is 0. The minimum Gasteiger partial charge on any atom is -0.294 e. The molecular weight excluding hydrogens is 314 g/mol. The average Bonchev–Trinajstić information content (AvgIpc) is 2.60. The van der Waals surface area contributed by atoms with Crippen molar-refractivity contribution in [1.29, 1.82) is 0 Å². The first-order chi connectivity index (χ1) is 12.1. The maximum atomic E-state index is 12.7. The monoisotopic (exact) mass is 331 g/mol. The summed E-state index contributed by atoms with van der Waals surface area (Å²) in [5, 5.41) is 4.64. The molecule has 1 aromatic heterocycles. The van der Waals surface area contributed by atoms with Gasteiger partial charge in [0.25, 0.3) is 5.91 Å². The molecule has 0 radical (unpaired) electrons. The van der Waals surface area contributed by atoms with E-state index in [-0.39, 0.29) is 23.6 Å². The Morgan fingerprint density at radius 1 is 1.12 bits per heavy atom. The van der Waals surface area contributed by atoms with Crippen molar-refractivity contribution in [2.75, 3.05) is 5.32 Å². The van der Waals surface area contributed by atoms with E-state index in [1.807, 2.05) is 43.3 Å². The number of fused-ring (bicyclic) bond motifs is 2. The minimum absolute atomic E-state index is 0.0701. The van der Waals surface area contributed by atoms with Crippen LogP contribution in [0.3, 0.4) is 0 Å². The second-order valence-electron chi connectivity index (χ2n) is 6.47. The smallest absolute Gasteiger partial charge is 0.258 e. The summed E-state index contributed by atoms with van der Waals surface area (Å²) in [5.41, 5.74) is 1.86.